The molecule has 0 radical (unpaired) electrons. The van der Waals surface area contributed by atoms with E-state index in [1.165, 1.54) is 0 Å². The number of rotatable bonds is 7. The average molecular weight is 440 g/mol. The summed E-state index contributed by atoms with van der Waals surface area (Å²) in [7, 11) is 0. The minimum absolute atomic E-state index is 0.0564. The van der Waals surface area contributed by atoms with Crippen molar-refractivity contribution < 1.29 is 19.1 Å². The average Bonchev–Trinajstić information content (AvgIpc) is 3.15. The maximum atomic E-state index is 12.9. The molecule has 1 aromatic carbocycles. The number of piperidine rings is 1. The van der Waals surface area contributed by atoms with Gasteiger partial charge in [-0.2, -0.15) is 4.98 Å². The molecule has 3 heterocycles. The van der Waals surface area contributed by atoms with E-state index in [9.17, 15) is 9.59 Å². The van der Waals surface area contributed by atoms with E-state index in [1.54, 1.807) is 27.0 Å². The molecule has 9 nitrogen and oxygen atoms in total. The summed E-state index contributed by atoms with van der Waals surface area (Å²) < 4.78 is 11.4. The van der Waals surface area contributed by atoms with Crippen LogP contribution in [0.15, 0.2) is 36.5 Å². The van der Waals surface area contributed by atoms with Crippen molar-refractivity contribution in [2.75, 3.05) is 44.2 Å². The van der Waals surface area contributed by atoms with E-state index in [0.29, 0.717) is 44.5 Å². The van der Waals surface area contributed by atoms with E-state index in [0.717, 1.165) is 24.3 Å². The number of carbonyl (C=O) groups is 2. The number of anilines is 1. The van der Waals surface area contributed by atoms with Crippen molar-refractivity contribution >= 4 is 17.6 Å². The summed E-state index contributed by atoms with van der Waals surface area (Å²) in [5, 5.41) is 0. The number of aryl methyl sites for hydroxylation is 1. The normalized spacial score (nSPS) is 18.8. The fraction of sp³-hybridized carbons (Fsp3) is 0.478. The van der Waals surface area contributed by atoms with Gasteiger partial charge in [0.05, 0.1) is 13.2 Å². The standard InChI is InChI=1S/C23H29N5O4/c1-3-31-19-8-6-18(7-9-19)28-14-13-27(23(28)30)16-22(29)26-12-4-5-20(15-26)32-21-10-11-24-17(2)25-21/h6-11,20H,3-5,12-16H2,1-2H3. The van der Waals surface area contributed by atoms with Gasteiger partial charge in [-0.1, -0.05) is 0 Å². The lowest BCUT2D eigenvalue weighted by Gasteiger charge is -2.33. The van der Waals surface area contributed by atoms with Gasteiger partial charge in [-0.3, -0.25) is 9.69 Å². The Morgan fingerprint density at radius 3 is 2.72 bits per heavy atom. The number of likely N-dealkylation sites (tertiary alicyclic amines) is 1. The molecule has 170 valence electrons. The summed E-state index contributed by atoms with van der Waals surface area (Å²) in [5.74, 6) is 1.89. The Bertz CT molecular complexity index is 952. The van der Waals surface area contributed by atoms with Crippen molar-refractivity contribution in [3.8, 4) is 11.6 Å². The van der Waals surface area contributed by atoms with Gasteiger partial charge < -0.3 is 19.3 Å². The summed E-state index contributed by atoms with van der Waals surface area (Å²) in [6.07, 6.45) is 3.27. The number of urea groups is 1. The van der Waals surface area contributed by atoms with E-state index in [1.807, 2.05) is 38.1 Å². The smallest absolute Gasteiger partial charge is 0.325 e. The predicted octanol–water partition coefficient (Wildman–Crippen LogP) is 2.50. The molecule has 4 rings (SSSR count). The molecule has 3 amide bonds. The Labute approximate surface area is 187 Å². The molecular formula is C23H29N5O4. The van der Waals surface area contributed by atoms with E-state index >= 15 is 0 Å². The van der Waals surface area contributed by atoms with Crippen LogP contribution in [0.3, 0.4) is 0 Å². The van der Waals surface area contributed by atoms with Crippen LogP contribution in [0.4, 0.5) is 10.5 Å². The largest absolute Gasteiger partial charge is 0.494 e. The van der Waals surface area contributed by atoms with Crippen LogP contribution in [-0.2, 0) is 4.79 Å². The zero-order valence-electron chi connectivity index (χ0n) is 18.6. The third-order valence-corrected chi connectivity index (χ3v) is 5.65. The first kappa shape index (κ1) is 21.9. The lowest BCUT2D eigenvalue weighted by Crippen LogP contribution is -2.48. The molecule has 2 aromatic rings. The van der Waals surface area contributed by atoms with Gasteiger partial charge in [0.1, 0.15) is 24.2 Å². The van der Waals surface area contributed by atoms with Gasteiger partial charge in [0.25, 0.3) is 0 Å². The number of hydrogen-bond donors (Lipinski definition) is 0. The van der Waals surface area contributed by atoms with Gasteiger partial charge in [-0.25, -0.2) is 9.78 Å². The second kappa shape index (κ2) is 9.84. The highest BCUT2D eigenvalue weighted by atomic mass is 16.5. The maximum absolute atomic E-state index is 12.9. The Hall–Kier alpha value is -3.36. The van der Waals surface area contributed by atoms with E-state index < -0.39 is 0 Å². The Morgan fingerprint density at radius 2 is 1.97 bits per heavy atom. The van der Waals surface area contributed by atoms with Gasteiger partial charge in [-0.05, 0) is 51.0 Å². The molecular weight excluding hydrogens is 410 g/mol. The molecule has 0 N–H and O–H groups in total. The fourth-order valence-corrected chi connectivity index (χ4v) is 4.05. The molecule has 2 fully saturated rings. The molecule has 2 aliphatic rings. The Balaban J connectivity index is 1.31. The molecule has 1 aromatic heterocycles. The molecule has 1 atom stereocenters. The number of ether oxygens (including phenoxy) is 2. The molecule has 0 bridgehead atoms. The SMILES string of the molecule is CCOc1ccc(N2CCN(CC(=O)N3CCCC(Oc4ccnc(C)n4)C3)C2=O)cc1. The number of benzene rings is 1. The van der Waals surface area contributed by atoms with Crippen molar-refractivity contribution in [3.05, 3.63) is 42.4 Å². The second-order valence-electron chi connectivity index (χ2n) is 7.95. The first-order chi connectivity index (χ1) is 15.5. The van der Waals surface area contributed by atoms with Crippen molar-refractivity contribution in [2.24, 2.45) is 0 Å². The van der Waals surface area contributed by atoms with Crippen LogP contribution in [0.1, 0.15) is 25.6 Å². The molecule has 2 saturated heterocycles. The Kier molecular flexibility index (Phi) is 6.72. The highest BCUT2D eigenvalue weighted by molar-refractivity contribution is 5.96. The van der Waals surface area contributed by atoms with Crippen molar-refractivity contribution in [3.63, 3.8) is 0 Å². The van der Waals surface area contributed by atoms with Crippen LogP contribution in [0.25, 0.3) is 0 Å². The number of nitrogens with zero attached hydrogens (tertiary/aromatic N) is 5. The van der Waals surface area contributed by atoms with Crippen LogP contribution in [0.2, 0.25) is 0 Å². The first-order valence-electron chi connectivity index (χ1n) is 11.1. The van der Waals surface area contributed by atoms with E-state index in [2.05, 4.69) is 9.97 Å². The minimum atomic E-state index is -0.149. The predicted molar refractivity (Wildman–Crippen MR) is 119 cm³/mol. The van der Waals surface area contributed by atoms with Crippen LogP contribution >= 0.6 is 0 Å². The molecule has 9 heteroatoms. The third kappa shape index (κ3) is 5.09. The van der Waals surface area contributed by atoms with Gasteiger partial charge in [-0.15, -0.1) is 0 Å². The van der Waals surface area contributed by atoms with Crippen LogP contribution in [-0.4, -0.2) is 77.1 Å². The van der Waals surface area contributed by atoms with E-state index in [-0.39, 0.29) is 24.6 Å². The maximum Gasteiger partial charge on any atom is 0.325 e. The number of amides is 3. The van der Waals surface area contributed by atoms with Crippen LogP contribution in [0, 0.1) is 6.92 Å². The fourth-order valence-electron chi connectivity index (χ4n) is 4.05. The number of hydrogen-bond acceptors (Lipinski definition) is 6. The molecule has 0 saturated carbocycles. The molecule has 0 aliphatic carbocycles. The van der Waals surface area contributed by atoms with Gasteiger partial charge in [0, 0.05) is 37.6 Å². The summed E-state index contributed by atoms with van der Waals surface area (Å²) in [6, 6.07) is 9.03. The molecule has 2 aliphatic heterocycles. The van der Waals surface area contributed by atoms with Crippen LogP contribution < -0.4 is 14.4 Å². The number of aromatic nitrogens is 2. The van der Waals surface area contributed by atoms with Gasteiger partial charge in [0.15, 0.2) is 0 Å². The van der Waals surface area contributed by atoms with E-state index in [4.69, 9.17) is 9.47 Å². The summed E-state index contributed by atoms with van der Waals surface area (Å²) in [4.78, 5) is 39.3. The molecule has 0 spiro atoms. The van der Waals surface area contributed by atoms with Crippen LogP contribution in [0.5, 0.6) is 11.6 Å². The molecule has 1 unspecified atom stereocenters. The minimum Gasteiger partial charge on any atom is -0.494 e. The zero-order valence-corrected chi connectivity index (χ0v) is 18.6. The monoisotopic (exact) mass is 439 g/mol. The summed E-state index contributed by atoms with van der Waals surface area (Å²) in [5.41, 5.74) is 0.806. The van der Waals surface area contributed by atoms with Gasteiger partial charge in [0.2, 0.25) is 11.8 Å². The number of carbonyl (C=O) groups excluding carboxylic acids is 2. The third-order valence-electron chi connectivity index (χ3n) is 5.65. The quantitative estimate of drug-likeness (QED) is 0.659. The second-order valence-corrected chi connectivity index (χ2v) is 7.95. The Morgan fingerprint density at radius 1 is 1.16 bits per heavy atom. The molecule has 32 heavy (non-hydrogen) atoms. The zero-order chi connectivity index (χ0) is 22.5. The van der Waals surface area contributed by atoms with Crippen molar-refractivity contribution in [1.29, 1.82) is 0 Å². The highest BCUT2D eigenvalue weighted by Crippen LogP contribution is 2.24. The topological polar surface area (TPSA) is 88.1 Å². The van der Waals surface area contributed by atoms with Crippen molar-refractivity contribution in [1.82, 2.24) is 19.8 Å². The van der Waals surface area contributed by atoms with Gasteiger partial charge >= 0.3 is 6.03 Å². The highest BCUT2D eigenvalue weighted by Gasteiger charge is 2.33. The van der Waals surface area contributed by atoms with Crippen molar-refractivity contribution in [2.45, 2.75) is 32.8 Å². The lowest BCUT2D eigenvalue weighted by atomic mass is 10.1. The first-order valence-corrected chi connectivity index (χ1v) is 11.1. The lowest BCUT2D eigenvalue weighted by molar-refractivity contribution is -0.134. The summed E-state index contributed by atoms with van der Waals surface area (Å²) >= 11 is 0. The summed E-state index contributed by atoms with van der Waals surface area (Å²) in [6.45, 7) is 6.65.